The van der Waals surface area contributed by atoms with E-state index in [9.17, 15) is 4.79 Å². The number of benzene rings is 1. The van der Waals surface area contributed by atoms with E-state index in [0.717, 1.165) is 35.0 Å². The summed E-state index contributed by atoms with van der Waals surface area (Å²) in [4.78, 5) is 21.5. The predicted molar refractivity (Wildman–Crippen MR) is 98.4 cm³/mol. The van der Waals surface area contributed by atoms with Crippen molar-refractivity contribution >= 4 is 22.2 Å². The number of pyridine rings is 1. The van der Waals surface area contributed by atoms with Gasteiger partial charge < -0.3 is 4.74 Å². The fourth-order valence-electron chi connectivity index (χ4n) is 3.74. The van der Waals surface area contributed by atoms with E-state index >= 15 is 0 Å². The van der Waals surface area contributed by atoms with Gasteiger partial charge in [0.05, 0.1) is 16.6 Å². The number of hydrogen-bond acceptors (Lipinski definition) is 4. The van der Waals surface area contributed by atoms with Crippen LogP contribution in [0.25, 0.3) is 22.2 Å². The summed E-state index contributed by atoms with van der Waals surface area (Å²) in [5.74, 6) is 0. The highest BCUT2D eigenvalue weighted by Crippen LogP contribution is 2.36. The largest absolute Gasteiger partial charge is 0.461 e. The Morgan fingerprint density at radius 2 is 1.81 bits per heavy atom. The van der Waals surface area contributed by atoms with Crippen molar-refractivity contribution in [2.45, 2.75) is 25.0 Å². The lowest BCUT2D eigenvalue weighted by Gasteiger charge is -2.35. The molecule has 0 saturated heterocycles. The predicted octanol–water partition coefficient (Wildman–Crippen LogP) is 2.40. The molecule has 3 heterocycles. The Labute approximate surface area is 149 Å². The number of rotatable bonds is 3. The lowest BCUT2D eigenvalue weighted by Crippen LogP contribution is -2.40. The van der Waals surface area contributed by atoms with Crippen LogP contribution in [-0.2, 0) is 14.1 Å². The first-order chi connectivity index (χ1) is 12.6. The number of para-hydroxylation sites is 2. The van der Waals surface area contributed by atoms with Crippen LogP contribution in [0.2, 0.25) is 0 Å². The molecule has 0 radical (unpaired) electrons. The molecule has 5 rings (SSSR count). The zero-order valence-electron chi connectivity index (χ0n) is 14.7. The van der Waals surface area contributed by atoms with Gasteiger partial charge in [0.1, 0.15) is 6.10 Å². The molecular weight excluding hydrogens is 330 g/mol. The van der Waals surface area contributed by atoms with Crippen LogP contribution < -0.4 is 10.4 Å². The van der Waals surface area contributed by atoms with Gasteiger partial charge in [-0.05, 0) is 24.3 Å². The minimum absolute atomic E-state index is 0.0233. The normalized spacial score (nSPS) is 19.8. The van der Waals surface area contributed by atoms with Gasteiger partial charge in [0.2, 0.25) is 0 Å². The second-order valence-corrected chi connectivity index (χ2v) is 6.86. The van der Waals surface area contributed by atoms with Gasteiger partial charge in [0, 0.05) is 39.2 Å². The molecule has 0 aliphatic heterocycles. The monoisotopic (exact) mass is 349 g/mol. The highest BCUT2D eigenvalue weighted by atomic mass is 16.5. The minimum Gasteiger partial charge on any atom is -0.461 e. The Hall–Kier alpha value is -3.09. The number of aryl methyl sites for hydroxylation is 2. The fourth-order valence-corrected chi connectivity index (χ4v) is 3.74. The van der Waals surface area contributed by atoms with E-state index in [1.807, 2.05) is 48.0 Å². The second kappa shape index (κ2) is 5.45. The summed E-state index contributed by atoms with van der Waals surface area (Å²) in [5, 5.41) is 0. The second-order valence-electron chi connectivity index (χ2n) is 6.86. The van der Waals surface area contributed by atoms with Crippen molar-refractivity contribution in [3.8, 4) is 6.01 Å². The number of hydrogen-bond donors (Lipinski definition) is 0. The first kappa shape index (κ1) is 15.2. The minimum atomic E-state index is -0.0233. The van der Waals surface area contributed by atoms with E-state index in [2.05, 4.69) is 9.97 Å². The summed E-state index contributed by atoms with van der Waals surface area (Å²) in [6.45, 7) is 0. The molecule has 132 valence electrons. The van der Waals surface area contributed by atoms with Crippen molar-refractivity contribution in [3.63, 3.8) is 0 Å². The van der Waals surface area contributed by atoms with E-state index in [1.165, 1.54) is 0 Å². The summed E-state index contributed by atoms with van der Waals surface area (Å²) in [5.41, 5.74) is 3.55. The zero-order valence-corrected chi connectivity index (χ0v) is 14.7. The molecule has 26 heavy (non-hydrogen) atoms. The Morgan fingerprint density at radius 1 is 1.04 bits per heavy atom. The van der Waals surface area contributed by atoms with Crippen LogP contribution in [0.4, 0.5) is 0 Å². The van der Waals surface area contributed by atoms with Crippen LogP contribution in [0.1, 0.15) is 18.9 Å². The molecule has 3 aromatic heterocycles. The summed E-state index contributed by atoms with van der Waals surface area (Å²) >= 11 is 0. The number of fused-ring (bicyclic) bond motifs is 2. The molecule has 7 heteroatoms. The molecule has 1 aliphatic carbocycles. The third-order valence-electron chi connectivity index (χ3n) is 5.30. The van der Waals surface area contributed by atoms with Gasteiger partial charge in [-0.1, -0.05) is 12.1 Å². The topological polar surface area (TPSA) is 66.9 Å². The highest BCUT2D eigenvalue weighted by molar-refractivity contribution is 5.76. The maximum absolute atomic E-state index is 12.6. The summed E-state index contributed by atoms with van der Waals surface area (Å²) in [6.07, 6.45) is 3.34. The summed E-state index contributed by atoms with van der Waals surface area (Å²) in [6, 6.07) is 12.5. The Kier molecular flexibility index (Phi) is 3.19. The summed E-state index contributed by atoms with van der Waals surface area (Å²) in [7, 11) is 3.74. The molecule has 1 saturated carbocycles. The molecule has 1 fully saturated rings. The zero-order chi connectivity index (χ0) is 17.8. The van der Waals surface area contributed by atoms with Gasteiger partial charge in [-0.15, -0.1) is 0 Å². The third-order valence-corrected chi connectivity index (χ3v) is 5.30. The molecule has 4 aromatic rings. The van der Waals surface area contributed by atoms with Crippen LogP contribution >= 0.6 is 0 Å². The van der Waals surface area contributed by atoms with Crippen LogP contribution in [0.5, 0.6) is 6.01 Å². The highest BCUT2D eigenvalue weighted by Gasteiger charge is 2.36. The maximum atomic E-state index is 12.6. The molecule has 1 aliphatic rings. The molecule has 0 spiro atoms. The van der Waals surface area contributed by atoms with Gasteiger partial charge in [-0.3, -0.25) is 13.7 Å². The van der Waals surface area contributed by atoms with Crippen molar-refractivity contribution in [1.29, 1.82) is 0 Å². The Bertz CT molecular complexity index is 1180. The van der Waals surface area contributed by atoms with E-state index in [-0.39, 0.29) is 17.8 Å². The number of nitrogens with zero attached hydrogens (tertiary/aromatic N) is 5. The van der Waals surface area contributed by atoms with Gasteiger partial charge in [0.15, 0.2) is 5.65 Å². The lowest BCUT2D eigenvalue weighted by molar-refractivity contribution is 0.0595. The molecular formula is C19H19N5O2. The quantitative estimate of drug-likeness (QED) is 0.570. The molecule has 0 bridgehead atoms. The molecule has 0 atom stereocenters. The third kappa shape index (κ3) is 2.09. The first-order valence-corrected chi connectivity index (χ1v) is 8.73. The smallest absolute Gasteiger partial charge is 0.330 e. The van der Waals surface area contributed by atoms with E-state index in [1.54, 1.807) is 22.4 Å². The van der Waals surface area contributed by atoms with Crippen LogP contribution in [-0.4, -0.2) is 29.8 Å². The summed E-state index contributed by atoms with van der Waals surface area (Å²) < 4.78 is 11.5. The molecule has 7 nitrogen and oxygen atoms in total. The van der Waals surface area contributed by atoms with Crippen LogP contribution in [0.3, 0.4) is 0 Å². The van der Waals surface area contributed by atoms with Crippen molar-refractivity contribution in [2.24, 2.45) is 14.1 Å². The number of aromatic nitrogens is 5. The fraction of sp³-hybridized carbons (Fsp3) is 0.316. The van der Waals surface area contributed by atoms with Crippen molar-refractivity contribution in [2.75, 3.05) is 0 Å². The van der Waals surface area contributed by atoms with E-state index < -0.39 is 0 Å². The SMILES string of the molecule is Cn1c(OC2CC(n3c(=O)n(C)c4cccnc43)C2)nc2ccccc21. The van der Waals surface area contributed by atoms with E-state index in [0.29, 0.717) is 6.01 Å². The average molecular weight is 349 g/mol. The van der Waals surface area contributed by atoms with Crippen molar-refractivity contribution in [1.82, 2.24) is 23.7 Å². The molecule has 1 aromatic carbocycles. The maximum Gasteiger partial charge on any atom is 0.330 e. The number of ether oxygens (including phenoxy) is 1. The molecule has 0 unspecified atom stereocenters. The van der Waals surface area contributed by atoms with Crippen molar-refractivity contribution in [3.05, 3.63) is 53.1 Å². The Balaban J connectivity index is 1.39. The van der Waals surface area contributed by atoms with Gasteiger partial charge in [0.25, 0.3) is 6.01 Å². The van der Waals surface area contributed by atoms with Gasteiger partial charge >= 0.3 is 5.69 Å². The van der Waals surface area contributed by atoms with Gasteiger partial charge in [-0.2, -0.15) is 4.98 Å². The van der Waals surface area contributed by atoms with Crippen molar-refractivity contribution < 1.29 is 4.74 Å². The number of imidazole rings is 2. The standard InChI is InChI=1S/C19H19N5O2/c1-22-15-7-4-3-6-14(15)21-18(22)26-13-10-12(11-13)24-17-16(8-5-9-20-17)23(2)19(24)25/h3-9,12-13H,10-11H2,1-2H3. The van der Waals surface area contributed by atoms with Gasteiger partial charge in [-0.25, -0.2) is 9.78 Å². The van der Waals surface area contributed by atoms with E-state index in [4.69, 9.17) is 4.74 Å². The molecule has 0 amide bonds. The average Bonchev–Trinajstić information content (AvgIpc) is 3.07. The Morgan fingerprint density at radius 3 is 2.62 bits per heavy atom. The van der Waals surface area contributed by atoms with Crippen LogP contribution in [0, 0.1) is 0 Å². The lowest BCUT2D eigenvalue weighted by atomic mass is 9.89. The molecule has 0 N–H and O–H groups in total. The first-order valence-electron chi connectivity index (χ1n) is 8.73. The van der Waals surface area contributed by atoms with Crippen LogP contribution in [0.15, 0.2) is 47.4 Å².